The molecular weight excluding hydrogens is 519 g/mol. The fourth-order valence-electron chi connectivity index (χ4n) is 3.05. The van der Waals surface area contributed by atoms with Crippen molar-refractivity contribution in [1.82, 2.24) is 15.2 Å². The zero-order valence-electron chi connectivity index (χ0n) is 20.7. The third-order valence-corrected chi connectivity index (χ3v) is 5.66. The van der Waals surface area contributed by atoms with Crippen LogP contribution in [-0.4, -0.2) is 82.4 Å². The van der Waals surface area contributed by atoms with Gasteiger partial charge in [0.2, 0.25) is 0 Å². The van der Waals surface area contributed by atoms with Crippen LogP contribution in [0.3, 0.4) is 0 Å². The van der Waals surface area contributed by atoms with E-state index in [0.717, 1.165) is 17.9 Å². The molecule has 0 aliphatic rings. The van der Waals surface area contributed by atoms with Crippen LogP contribution < -0.4 is 24.8 Å². The molecule has 35 heavy (non-hydrogen) atoms. The Morgan fingerprint density at radius 1 is 0.971 bits per heavy atom. The summed E-state index contributed by atoms with van der Waals surface area (Å²) < 4.78 is 20.9. The summed E-state index contributed by atoms with van der Waals surface area (Å²) in [6.07, 6.45) is 0. The van der Waals surface area contributed by atoms with Crippen LogP contribution in [0.25, 0.3) is 0 Å². The average Bonchev–Trinajstić information content (AvgIpc) is 3.28. The van der Waals surface area contributed by atoms with Gasteiger partial charge >= 0.3 is 0 Å². The van der Waals surface area contributed by atoms with Crippen LogP contribution >= 0.6 is 36.2 Å². The number of ether oxygens (including phenoxy) is 4. The number of nitrogens with one attached hydrogen (secondary N) is 2. The second-order valence-corrected chi connectivity index (χ2v) is 8.14. The van der Waals surface area contributed by atoms with Gasteiger partial charge in [-0.15, -0.1) is 36.2 Å². The molecule has 0 atom stereocenters. The summed E-state index contributed by atoms with van der Waals surface area (Å²) in [5.74, 6) is 0.412. The molecule has 13 heteroatoms. The number of hydrogen-bond acceptors (Lipinski definition) is 9. The zero-order valence-corrected chi connectivity index (χ0v) is 23.2. The van der Waals surface area contributed by atoms with Crippen LogP contribution in [0.4, 0.5) is 5.13 Å². The molecule has 0 aliphatic carbocycles. The van der Waals surface area contributed by atoms with Crippen LogP contribution in [0.1, 0.15) is 34.7 Å². The molecule has 0 aliphatic heterocycles. The number of methoxy groups -OCH3 is 4. The van der Waals surface area contributed by atoms with E-state index >= 15 is 0 Å². The van der Waals surface area contributed by atoms with E-state index in [-0.39, 0.29) is 42.0 Å². The zero-order chi connectivity index (χ0) is 24.4. The topological polar surface area (TPSA) is 111 Å². The predicted octanol–water partition coefficient (Wildman–Crippen LogP) is 3.35. The summed E-state index contributed by atoms with van der Waals surface area (Å²) in [5.41, 5.74) is 0.490. The van der Waals surface area contributed by atoms with Crippen molar-refractivity contribution in [2.75, 3.05) is 60.0 Å². The second kappa shape index (κ2) is 16.4. The van der Waals surface area contributed by atoms with Crippen molar-refractivity contribution in [1.29, 1.82) is 0 Å². The van der Waals surface area contributed by atoms with Crippen LogP contribution in [0.2, 0.25) is 0 Å². The molecule has 198 valence electrons. The van der Waals surface area contributed by atoms with E-state index in [1.165, 1.54) is 27.4 Å². The van der Waals surface area contributed by atoms with Crippen LogP contribution in [0.5, 0.6) is 17.2 Å². The van der Waals surface area contributed by atoms with Gasteiger partial charge in [-0.3, -0.25) is 19.8 Å². The smallest absolute Gasteiger partial charge is 0.270 e. The Morgan fingerprint density at radius 2 is 1.60 bits per heavy atom. The Kier molecular flexibility index (Phi) is 15.3. The Bertz CT molecular complexity index is 945. The van der Waals surface area contributed by atoms with Gasteiger partial charge in [-0.2, -0.15) is 0 Å². The molecule has 2 rings (SSSR count). The minimum absolute atomic E-state index is 0. The third-order valence-electron chi connectivity index (χ3n) is 4.91. The van der Waals surface area contributed by atoms with E-state index in [1.807, 2.05) is 0 Å². The maximum atomic E-state index is 12.8. The number of hydrogen-bond donors (Lipinski definition) is 2. The fourth-order valence-corrected chi connectivity index (χ4v) is 3.73. The summed E-state index contributed by atoms with van der Waals surface area (Å²) in [6.45, 7) is 6.78. The first-order valence-corrected chi connectivity index (χ1v) is 11.3. The predicted molar refractivity (Wildman–Crippen MR) is 142 cm³/mol. The van der Waals surface area contributed by atoms with Crippen molar-refractivity contribution in [2.45, 2.75) is 19.9 Å². The lowest BCUT2D eigenvalue weighted by Crippen LogP contribution is -2.40. The number of rotatable bonds is 13. The van der Waals surface area contributed by atoms with Gasteiger partial charge in [-0.05, 0) is 13.8 Å². The van der Waals surface area contributed by atoms with Crippen molar-refractivity contribution >= 4 is 53.1 Å². The molecule has 2 amide bonds. The Balaban J connectivity index is 0.00000578. The highest BCUT2D eigenvalue weighted by atomic mass is 35.5. The lowest BCUT2D eigenvalue weighted by atomic mass is 10.1. The van der Waals surface area contributed by atoms with Gasteiger partial charge in [0.25, 0.3) is 11.8 Å². The SMILES string of the molecule is COCCN(CCNC(=O)c1csc(NC(=O)c2cc(OC)c(OC)cc2OC)n1)C(C)C.Cl.Cl. The molecule has 0 spiro atoms. The molecule has 1 heterocycles. The highest BCUT2D eigenvalue weighted by Crippen LogP contribution is 2.35. The quantitative estimate of drug-likeness (QED) is 0.389. The van der Waals surface area contributed by atoms with Crippen molar-refractivity contribution < 1.29 is 28.5 Å². The van der Waals surface area contributed by atoms with Gasteiger partial charge in [-0.25, -0.2) is 4.98 Å². The summed E-state index contributed by atoms with van der Waals surface area (Å²) in [4.78, 5) is 31.7. The number of anilines is 1. The normalized spacial score (nSPS) is 10.3. The highest BCUT2D eigenvalue weighted by Gasteiger charge is 2.20. The lowest BCUT2D eigenvalue weighted by molar-refractivity contribution is 0.0931. The Morgan fingerprint density at radius 3 is 2.17 bits per heavy atom. The van der Waals surface area contributed by atoms with Gasteiger partial charge < -0.3 is 24.3 Å². The van der Waals surface area contributed by atoms with Gasteiger partial charge in [0.05, 0.1) is 33.5 Å². The maximum Gasteiger partial charge on any atom is 0.270 e. The Hall–Kier alpha value is -2.31. The molecule has 0 radical (unpaired) electrons. The van der Waals surface area contributed by atoms with Crippen LogP contribution in [0, 0.1) is 0 Å². The minimum Gasteiger partial charge on any atom is -0.496 e. The molecule has 10 nitrogen and oxygen atoms in total. The van der Waals surface area contributed by atoms with Gasteiger partial charge in [0.15, 0.2) is 16.6 Å². The summed E-state index contributed by atoms with van der Waals surface area (Å²) in [7, 11) is 6.11. The van der Waals surface area contributed by atoms with Gasteiger partial charge in [0.1, 0.15) is 11.4 Å². The van der Waals surface area contributed by atoms with E-state index in [1.54, 1.807) is 18.6 Å². The van der Waals surface area contributed by atoms with Crippen molar-refractivity contribution in [3.05, 3.63) is 28.8 Å². The minimum atomic E-state index is -0.445. The number of benzene rings is 1. The summed E-state index contributed by atoms with van der Waals surface area (Å²) >= 11 is 1.16. The summed E-state index contributed by atoms with van der Waals surface area (Å²) in [6, 6.07) is 3.44. The Labute approximate surface area is 222 Å². The van der Waals surface area contributed by atoms with Crippen molar-refractivity contribution in [2.24, 2.45) is 0 Å². The molecule has 1 aromatic heterocycles. The van der Waals surface area contributed by atoms with E-state index in [4.69, 9.17) is 18.9 Å². The number of thiazole rings is 1. The maximum absolute atomic E-state index is 12.8. The number of aromatic nitrogens is 1. The molecule has 0 saturated heterocycles. The molecular formula is C22H34Cl2N4O6S. The lowest BCUT2D eigenvalue weighted by Gasteiger charge is -2.26. The van der Waals surface area contributed by atoms with E-state index in [2.05, 4.69) is 34.4 Å². The van der Waals surface area contributed by atoms with E-state index < -0.39 is 5.91 Å². The average molecular weight is 554 g/mol. The molecule has 0 saturated carbocycles. The van der Waals surface area contributed by atoms with Crippen molar-refractivity contribution in [3.63, 3.8) is 0 Å². The summed E-state index contributed by atoms with van der Waals surface area (Å²) in [5, 5.41) is 7.46. The number of carbonyl (C=O) groups excluding carboxylic acids is 2. The first-order chi connectivity index (χ1) is 15.8. The van der Waals surface area contributed by atoms with Gasteiger partial charge in [0, 0.05) is 50.3 Å². The molecule has 0 unspecified atom stereocenters. The molecule has 2 N–H and O–H groups in total. The monoisotopic (exact) mass is 552 g/mol. The number of halogens is 2. The molecule has 2 aromatic rings. The molecule has 0 fully saturated rings. The number of amides is 2. The first kappa shape index (κ1) is 32.7. The third kappa shape index (κ3) is 9.34. The fraction of sp³-hybridized carbons (Fsp3) is 0.500. The van der Waals surface area contributed by atoms with Crippen LogP contribution in [-0.2, 0) is 4.74 Å². The molecule has 1 aromatic carbocycles. The largest absolute Gasteiger partial charge is 0.496 e. The van der Waals surface area contributed by atoms with Crippen molar-refractivity contribution in [3.8, 4) is 17.2 Å². The number of nitrogens with zero attached hydrogens (tertiary/aromatic N) is 2. The standard InChI is InChI=1S/C22H32N4O6S.2ClH/c1-14(2)26(9-10-29-3)8-7-23-21(28)16-13-33-22(24-16)25-20(27)15-11-18(31-5)19(32-6)12-17(15)30-4;;/h11-14H,7-10H2,1-6H3,(H,23,28)(H,24,25,27);2*1H. The number of carbonyl (C=O) groups is 2. The first-order valence-electron chi connectivity index (χ1n) is 10.4. The van der Waals surface area contributed by atoms with E-state index in [0.29, 0.717) is 48.1 Å². The second-order valence-electron chi connectivity index (χ2n) is 7.28. The van der Waals surface area contributed by atoms with Gasteiger partial charge in [-0.1, -0.05) is 0 Å². The highest BCUT2D eigenvalue weighted by molar-refractivity contribution is 7.14. The van der Waals surface area contributed by atoms with Crippen LogP contribution in [0.15, 0.2) is 17.5 Å². The molecule has 0 bridgehead atoms. The van der Waals surface area contributed by atoms with E-state index in [9.17, 15) is 9.59 Å².